The molecule has 1 aromatic heterocycles. The Hall–Kier alpha value is -2.18. The molecule has 0 radical (unpaired) electrons. The summed E-state index contributed by atoms with van der Waals surface area (Å²) in [7, 11) is 0. The third-order valence-electron chi connectivity index (χ3n) is 2.23. The highest BCUT2D eigenvalue weighted by Gasteiger charge is 2.22. The maximum Gasteiger partial charge on any atom is 0.347 e. The highest BCUT2D eigenvalue weighted by Crippen LogP contribution is 2.08. The molecule has 1 N–H and O–H groups in total. The number of hydrogen-bond donors (Lipinski definition) is 1. The Morgan fingerprint density at radius 1 is 1.45 bits per heavy atom. The second-order valence-corrected chi connectivity index (χ2v) is 5.35. The van der Waals surface area contributed by atoms with Crippen molar-refractivity contribution in [3.05, 3.63) is 28.9 Å². The van der Waals surface area contributed by atoms with Gasteiger partial charge in [0, 0.05) is 12.4 Å². The van der Waals surface area contributed by atoms with E-state index in [0.717, 1.165) is 4.57 Å². The topological polar surface area (TPSA) is 90.3 Å². The van der Waals surface area contributed by atoms with E-state index in [1.807, 2.05) is 0 Å². The van der Waals surface area contributed by atoms with Crippen LogP contribution in [0.2, 0.25) is 0 Å². The van der Waals surface area contributed by atoms with Crippen molar-refractivity contribution in [2.45, 2.75) is 45.9 Å². The zero-order valence-corrected chi connectivity index (χ0v) is 12.0. The molecule has 20 heavy (non-hydrogen) atoms. The number of carbonyl (C=O) groups is 2. The number of nitrogens with zero attached hydrogens (tertiary/aromatic N) is 2. The Balaban J connectivity index is 2.56. The van der Waals surface area contributed by atoms with Crippen LogP contribution in [0.1, 0.15) is 27.7 Å². The highest BCUT2D eigenvalue weighted by atomic mass is 16.6. The molecule has 0 spiro atoms. The summed E-state index contributed by atoms with van der Waals surface area (Å²) in [5.41, 5.74) is -1.14. The molecule has 0 bridgehead atoms. The average Bonchev–Trinajstić information content (AvgIpc) is 2.29. The quantitative estimate of drug-likeness (QED) is 0.790. The minimum absolute atomic E-state index is 0.195. The molecule has 1 amide bonds. The summed E-state index contributed by atoms with van der Waals surface area (Å²) in [6.07, 6.45) is 2.80. The molecule has 0 saturated heterocycles. The molecular formula is C13H19N3O4. The largest absolute Gasteiger partial charge is 0.458 e. The summed E-state index contributed by atoms with van der Waals surface area (Å²) in [6.45, 7) is 6.57. The lowest BCUT2D eigenvalue weighted by atomic mass is 10.2. The summed E-state index contributed by atoms with van der Waals surface area (Å²) in [5.74, 6) is -0.983. The van der Waals surface area contributed by atoms with Gasteiger partial charge in [0.1, 0.15) is 18.2 Å². The van der Waals surface area contributed by atoms with E-state index in [0.29, 0.717) is 0 Å². The number of rotatable bonds is 4. The van der Waals surface area contributed by atoms with Crippen molar-refractivity contribution in [3.8, 4) is 0 Å². The molecule has 0 fully saturated rings. The van der Waals surface area contributed by atoms with Crippen LogP contribution >= 0.6 is 0 Å². The van der Waals surface area contributed by atoms with E-state index in [1.54, 1.807) is 26.8 Å². The Bertz CT molecular complexity index is 545. The SMILES string of the molecule is C[C@H](NC(=O)Cn1cccnc1=O)C(=O)OC(C)(C)C. The number of aromatic nitrogens is 2. The second-order valence-electron chi connectivity index (χ2n) is 5.35. The van der Waals surface area contributed by atoms with Crippen molar-refractivity contribution in [1.29, 1.82) is 0 Å². The molecule has 0 aliphatic heterocycles. The molecule has 1 atom stereocenters. The number of nitrogens with one attached hydrogen (secondary N) is 1. The molecule has 0 aromatic carbocycles. The molecule has 0 aliphatic rings. The van der Waals surface area contributed by atoms with Gasteiger partial charge < -0.3 is 10.1 Å². The molecule has 1 heterocycles. The van der Waals surface area contributed by atoms with Gasteiger partial charge in [0.2, 0.25) is 5.91 Å². The number of carbonyl (C=O) groups excluding carboxylic acids is 2. The molecule has 0 aliphatic carbocycles. The standard InChI is InChI=1S/C13H19N3O4/c1-9(11(18)20-13(2,3)4)15-10(17)8-16-7-5-6-14-12(16)19/h5-7,9H,8H2,1-4H3,(H,15,17)/t9-/m0/s1. The van der Waals surface area contributed by atoms with Crippen LogP contribution in [0.3, 0.4) is 0 Å². The van der Waals surface area contributed by atoms with Crippen LogP contribution in [0.5, 0.6) is 0 Å². The first-order valence-electron chi connectivity index (χ1n) is 6.23. The van der Waals surface area contributed by atoms with Crippen LogP contribution in [0.15, 0.2) is 23.3 Å². The molecular weight excluding hydrogens is 262 g/mol. The van der Waals surface area contributed by atoms with Gasteiger partial charge in [0.05, 0.1) is 0 Å². The maximum absolute atomic E-state index is 11.7. The molecule has 0 unspecified atom stereocenters. The fourth-order valence-corrected chi connectivity index (χ4v) is 1.40. The number of esters is 1. The lowest BCUT2D eigenvalue weighted by molar-refractivity contribution is -0.158. The van der Waals surface area contributed by atoms with Crippen LogP contribution in [-0.4, -0.2) is 33.1 Å². The fraction of sp³-hybridized carbons (Fsp3) is 0.538. The molecule has 110 valence electrons. The van der Waals surface area contributed by atoms with E-state index in [9.17, 15) is 14.4 Å². The summed E-state index contributed by atoms with van der Waals surface area (Å²) in [5, 5.41) is 2.48. The third-order valence-corrected chi connectivity index (χ3v) is 2.23. The van der Waals surface area contributed by atoms with Crippen LogP contribution < -0.4 is 11.0 Å². The Labute approximate surface area is 117 Å². The van der Waals surface area contributed by atoms with Crippen molar-refractivity contribution >= 4 is 11.9 Å². The molecule has 7 heteroatoms. The van der Waals surface area contributed by atoms with E-state index < -0.39 is 29.2 Å². The predicted octanol–water partition coefficient (Wildman–Crippen LogP) is 0.0897. The average molecular weight is 281 g/mol. The highest BCUT2D eigenvalue weighted by molar-refractivity contribution is 5.84. The smallest absolute Gasteiger partial charge is 0.347 e. The predicted molar refractivity (Wildman–Crippen MR) is 71.9 cm³/mol. The van der Waals surface area contributed by atoms with Crippen LogP contribution in [0.4, 0.5) is 0 Å². The van der Waals surface area contributed by atoms with Gasteiger partial charge >= 0.3 is 11.7 Å². The van der Waals surface area contributed by atoms with Gasteiger partial charge in [-0.15, -0.1) is 0 Å². The van der Waals surface area contributed by atoms with Gasteiger partial charge in [-0.05, 0) is 33.8 Å². The first-order valence-corrected chi connectivity index (χ1v) is 6.23. The van der Waals surface area contributed by atoms with Crippen molar-refractivity contribution < 1.29 is 14.3 Å². The number of amides is 1. The van der Waals surface area contributed by atoms with E-state index in [-0.39, 0.29) is 6.54 Å². The summed E-state index contributed by atoms with van der Waals surface area (Å²) in [6, 6.07) is 0.764. The lowest BCUT2D eigenvalue weighted by Gasteiger charge is -2.22. The number of hydrogen-bond acceptors (Lipinski definition) is 5. The first kappa shape index (κ1) is 15.9. The van der Waals surface area contributed by atoms with Gasteiger partial charge in [-0.1, -0.05) is 0 Å². The minimum Gasteiger partial charge on any atom is -0.458 e. The van der Waals surface area contributed by atoms with Gasteiger partial charge in [0.15, 0.2) is 0 Å². The van der Waals surface area contributed by atoms with E-state index >= 15 is 0 Å². The monoisotopic (exact) mass is 281 g/mol. The van der Waals surface area contributed by atoms with Crippen molar-refractivity contribution in [2.75, 3.05) is 0 Å². The first-order chi connectivity index (χ1) is 9.19. The van der Waals surface area contributed by atoms with E-state index in [1.165, 1.54) is 19.3 Å². The summed E-state index contributed by atoms with van der Waals surface area (Å²) in [4.78, 5) is 38.3. The summed E-state index contributed by atoms with van der Waals surface area (Å²) >= 11 is 0. The van der Waals surface area contributed by atoms with E-state index in [2.05, 4.69) is 10.3 Å². The van der Waals surface area contributed by atoms with Crippen molar-refractivity contribution in [2.24, 2.45) is 0 Å². The Kier molecular flexibility index (Phi) is 5.01. The van der Waals surface area contributed by atoms with Gasteiger partial charge in [0.25, 0.3) is 0 Å². The van der Waals surface area contributed by atoms with Gasteiger partial charge in [-0.2, -0.15) is 0 Å². The molecule has 7 nitrogen and oxygen atoms in total. The molecule has 1 aromatic rings. The maximum atomic E-state index is 11.7. The van der Waals surface area contributed by atoms with Crippen LogP contribution in [-0.2, 0) is 20.9 Å². The molecule has 1 rings (SSSR count). The van der Waals surface area contributed by atoms with Gasteiger partial charge in [-0.25, -0.2) is 14.6 Å². The van der Waals surface area contributed by atoms with Gasteiger partial charge in [-0.3, -0.25) is 9.36 Å². The van der Waals surface area contributed by atoms with Crippen LogP contribution in [0, 0.1) is 0 Å². The van der Waals surface area contributed by atoms with Crippen molar-refractivity contribution in [3.63, 3.8) is 0 Å². The normalized spacial score (nSPS) is 12.6. The Morgan fingerprint density at radius 3 is 2.65 bits per heavy atom. The lowest BCUT2D eigenvalue weighted by Crippen LogP contribution is -2.44. The Morgan fingerprint density at radius 2 is 2.10 bits per heavy atom. The van der Waals surface area contributed by atoms with Crippen LogP contribution in [0.25, 0.3) is 0 Å². The minimum atomic E-state index is -0.783. The zero-order chi connectivity index (χ0) is 15.3. The van der Waals surface area contributed by atoms with E-state index in [4.69, 9.17) is 4.74 Å². The summed E-state index contributed by atoms with van der Waals surface area (Å²) < 4.78 is 6.29. The molecule has 0 saturated carbocycles. The van der Waals surface area contributed by atoms with Crippen molar-refractivity contribution in [1.82, 2.24) is 14.9 Å². The second kappa shape index (κ2) is 6.31. The third kappa shape index (κ3) is 5.21. The fourth-order valence-electron chi connectivity index (χ4n) is 1.40. The zero-order valence-electron chi connectivity index (χ0n) is 12.0. The number of ether oxygens (including phenoxy) is 1.